The minimum atomic E-state index is -0.227. The average Bonchev–Trinajstić information content (AvgIpc) is 2.49. The molecule has 2 aromatic carbocycles. The maximum Gasteiger partial charge on any atom is 0.142 e. The van der Waals surface area contributed by atoms with Gasteiger partial charge < -0.3 is 15.4 Å². The molecule has 4 heteroatoms. The molecule has 2 rings (SSSR count). The lowest BCUT2D eigenvalue weighted by Gasteiger charge is -2.22. The molecule has 0 aliphatic rings. The van der Waals surface area contributed by atoms with Gasteiger partial charge in [0.05, 0.1) is 12.8 Å². The van der Waals surface area contributed by atoms with Crippen molar-refractivity contribution in [2.45, 2.75) is 13.1 Å². The largest absolute Gasteiger partial charge is 0.495 e. The summed E-state index contributed by atoms with van der Waals surface area (Å²) in [6.07, 6.45) is 0. The second-order valence-electron chi connectivity index (χ2n) is 4.66. The summed E-state index contributed by atoms with van der Waals surface area (Å²) < 4.78 is 19.3. The van der Waals surface area contributed by atoms with Crippen LogP contribution < -0.4 is 15.4 Å². The van der Waals surface area contributed by atoms with E-state index in [-0.39, 0.29) is 5.82 Å². The predicted molar refractivity (Wildman–Crippen MR) is 79.4 cm³/mol. The molecule has 0 bridgehead atoms. The monoisotopic (exact) mass is 274 g/mol. The lowest BCUT2D eigenvalue weighted by atomic mass is 10.1. The van der Waals surface area contributed by atoms with Crippen LogP contribution in [0.4, 0.5) is 10.1 Å². The molecule has 0 saturated heterocycles. The van der Waals surface area contributed by atoms with Crippen LogP contribution in [0.25, 0.3) is 0 Å². The smallest absolute Gasteiger partial charge is 0.142 e. The number of anilines is 1. The number of benzene rings is 2. The summed E-state index contributed by atoms with van der Waals surface area (Å²) in [4.78, 5) is 1.96. The van der Waals surface area contributed by atoms with Crippen LogP contribution in [-0.2, 0) is 13.1 Å². The minimum Gasteiger partial charge on any atom is -0.495 e. The van der Waals surface area contributed by atoms with Crippen LogP contribution in [0.1, 0.15) is 11.1 Å². The van der Waals surface area contributed by atoms with Crippen molar-refractivity contribution in [3.8, 4) is 5.75 Å². The first-order valence-electron chi connectivity index (χ1n) is 6.47. The van der Waals surface area contributed by atoms with Crippen molar-refractivity contribution in [1.82, 2.24) is 0 Å². The van der Waals surface area contributed by atoms with E-state index in [9.17, 15) is 4.39 Å². The molecule has 0 amide bonds. The predicted octanol–water partition coefficient (Wildman–Crippen LogP) is 2.93. The standard InChI is InChI=1S/C16H19FN2O/c1-19(15-5-3-4-6-16(15)20-2)11-13-8-7-12(10-18)9-14(13)17/h3-9H,10-11,18H2,1-2H3. The van der Waals surface area contributed by atoms with Gasteiger partial charge in [-0.3, -0.25) is 0 Å². The quantitative estimate of drug-likeness (QED) is 0.911. The fourth-order valence-corrected chi connectivity index (χ4v) is 2.13. The third kappa shape index (κ3) is 3.08. The summed E-state index contributed by atoms with van der Waals surface area (Å²) in [5, 5.41) is 0. The highest BCUT2D eigenvalue weighted by atomic mass is 19.1. The number of ether oxygens (including phenoxy) is 1. The highest BCUT2D eigenvalue weighted by Crippen LogP contribution is 2.28. The van der Waals surface area contributed by atoms with E-state index in [1.54, 1.807) is 13.2 Å². The molecule has 0 aliphatic heterocycles. The fraction of sp³-hybridized carbons (Fsp3) is 0.250. The molecule has 0 aliphatic carbocycles. The van der Waals surface area contributed by atoms with Gasteiger partial charge >= 0.3 is 0 Å². The van der Waals surface area contributed by atoms with Gasteiger partial charge in [0.1, 0.15) is 11.6 Å². The minimum absolute atomic E-state index is 0.227. The van der Waals surface area contributed by atoms with E-state index in [4.69, 9.17) is 10.5 Å². The Balaban J connectivity index is 2.21. The van der Waals surface area contributed by atoms with Crippen molar-refractivity contribution in [2.24, 2.45) is 5.73 Å². The lowest BCUT2D eigenvalue weighted by Crippen LogP contribution is -2.18. The van der Waals surface area contributed by atoms with Crippen LogP contribution in [0.5, 0.6) is 5.75 Å². The zero-order valence-electron chi connectivity index (χ0n) is 11.8. The summed E-state index contributed by atoms with van der Waals surface area (Å²) in [6.45, 7) is 0.816. The molecule has 2 N–H and O–H groups in total. The summed E-state index contributed by atoms with van der Waals surface area (Å²) >= 11 is 0. The molecule has 0 fully saturated rings. The summed E-state index contributed by atoms with van der Waals surface area (Å²) in [6, 6.07) is 12.8. The first kappa shape index (κ1) is 14.3. The Morgan fingerprint density at radius 1 is 1.20 bits per heavy atom. The van der Waals surface area contributed by atoms with Crippen molar-refractivity contribution < 1.29 is 9.13 Å². The Labute approximate surface area is 118 Å². The van der Waals surface area contributed by atoms with Crippen LogP contribution in [0.15, 0.2) is 42.5 Å². The second kappa shape index (κ2) is 6.39. The fourth-order valence-electron chi connectivity index (χ4n) is 2.13. The third-order valence-electron chi connectivity index (χ3n) is 3.26. The number of rotatable bonds is 5. The molecule has 3 nitrogen and oxygen atoms in total. The van der Waals surface area contributed by atoms with Crippen LogP contribution >= 0.6 is 0 Å². The zero-order valence-corrected chi connectivity index (χ0v) is 11.8. The Morgan fingerprint density at radius 3 is 2.60 bits per heavy atom. The van der Waals surface area contributed by atoms with Crippen molar-refractivity contribution in [2.75, 3.05) is 19.1 Å². The Morgan fingerprint density at radius 2 is 1.95 bits per heavy atom. The molecule has 0 heterocycles. The summed E-state index contributed by atoms with van der Waals surface area (Å²) in [5.41, 5.74) is 7.87. The van der Waals surface area contributed by atoms with E-state index in [1.807, 2.05) is 42.3 Å². The van der Waals surface area contributed by atoms with Crippen LogP contribution in [-0.4, -0.2) is 14.2 Å². The van der Waals surface area contributed by atoms with Crippen molar-refractivity contribution in [1.29, 1.82) is 0 Å². The highest BCUT2D eigenvalue weighted by molar-refractivity contribution is 5.58. The van der Waals surface area contributed by atoms with Crippen molar-refractivity contribution in [3.63, 3.8) is 0 Å². The van der Waals surface area contributed by atoms with Crippen LogP contribution in [0.2, 0.25) is 0 Å². The molecule has 106 valence electrons. The van der Waals surface area contributed by atoms with Gasteiger partial charge in [0.2, 0.25) is 0 Å². The van der Waals surface area contributed by atoms with E-state index in [0.29, 0.717) is 18.7 Å². The van der Waals surface area contributed by atoms with Gasteiger partial charge in [0.15, 0.2) is 0 Å². The van der Waals surface area contributed by atoms with Crippen LogP contribution in [0, 0.1) is 5.82 Å². The van der Waals surface area contributed by atoms with Gasteiger partial charge in [-0.05, 0) is 23.8 Å². The number of methoxy groups -OCH3 is 1. The van der Waals surface area contributed by atoms with Crippen LogP contribution in [0.3, 0.4) is 0 Å². The number of nitrogens with two attached hydrogens (primary N) is 1. The van der Waals surface area contributed by atoms with Crippen molar-refractivity contribution in [3.05, 3.63) is 59.4 Å². The van der Waals surface area contributed by atoms with E-state index in [2.05, 4.69) is 0 Å². The highest BCUT2D eigenvalue weighted by Gasteiger charge is 2.10. The van der Waals surface area contributed by atoms with Gasteiger partial charge in [-0.15, -0.1) is 0 Å². The Bertz CT molecular complexity index is 586. The van der Waals surface area contributed by atoms with Gasteiger partial charge in [0, 0.05) is 25.7 Å². The number of hydrogen-bond acceptors (Lipinski definition) is 3. The normalized spacial score (nSPS) is 10.4. The molecule has 0 aromatic heterocycles. The van der Waals surface area contributed by atoms with E-state index >= 15 is 0 Å². The maximum atomic E-state index is 14.0. The summed E-state index contributed by atoms with van der Waals surface area (Å²) in [5.74, 6) is 0.545. The molecular weight excluding hydrogens is 255 g/mol. The lowest BCUT2D eigenvalue weighted by molar-refractivity contribution is 0.414. The van der Waals surface area contributed by atoms with Gasteiger partial charge in [-0.2, -0.15) is 0 Å². The maximum absolute atomic E-state index is 14.0. The number of nitrogens with zero attached hydrogens (tertiary/aromatic N) is 1. The van der Waals surface area contributed by atoms with Gasteiger partial charge in [0.25, 0.3) is 0 Å². The second-order valence-corrected chi connectivity index (χ2v) is 4.66. The first-order valence-corrected chi connectivity index (χ1v) is 6.47. The first-order chi connectivity index (χ1) is 9.65. The average molecular weight is 274 g/mol. The summed E-state index contributed by atoms with van der Waals surface area (Å²) in [7, 11) is 3.54. The van der Waals surface area contributed by atoms with Gasteiger partial charge in [-0.1, -0.05) is 24.3 Å². The Kier molecular flexibility index (Phi) is 4.58. The Hall–Kier alpha value is -2.07. The molecule has 0 spiro atoms. The molecule has 0 saturated carbocycles. The van der Waals surface area contributed by atoms with E-state index < -0.39 is 0 Å². The zero-order chi connectivity index (χ0) is 14.5. The third-order valence-corrected chi connectivity index (χ3v) is 3.26. The SMILES string of the molecule is COc1ccccc1N(C)Cc1ccc(CN)cc1F. The van der Waals surface area contributed by atoms with E-state index in [0.717, 1.165) is 17.0 Å². The molecule has 0 atom stereocenters. The molecule has 0 radical (unpaired) electrons. The van der Waals surface area contributed by atoms with Gasteiger partial charge in [-0.25, -0.2) is 4.39 Å². The van der Waals surface area contributed by atoms with E-state index in [1.165, 1.54) is 6.07 Å². The van der Waals surface area contributed by atoms with Crippen molar-refractivity contribution >= 4 is 5.69 Å². The molecule has 0 unspecified atom stereocenters. The molecular formula is C16H19FN2O. The number of halogens is 1. The number of para-hydroxylation sites is 2. The molecule has 2 aromatic rings. The number of hydrogen-bond donors (Lipinski definition) is 1. The topological polar surface area (TPSA) is 38.5 Å². The molecule has 20 heavy (non-hydrogen) atoms.